The molecule has 1 aromatic rings. The number of anilines is 1. The Morgan fingerprint density at radius 2 is 1.81 bits per heavy atom. The van der Waals surface area contributed by atoms with Gasteiger partial charge in [0.1, 0.15) is 5.56 Å². The smallest absolute Gasteiger partial charge is 0.420 e. The minimum Gasteiger partial charge on any atom is -0.465 e. The minimum absolute atomic E-state index is 0.0481. The van der Waals surface area contributed by atoms with Crippen LogP contribution in [0, 0.1) is 11.8 Å². The highest BCUT2D eigenvalue weighted by Crippen LogP contribution is 2.50. The zero-order valence-corrected chi connectivity index (χ0v) is 14.5. The van der Waals surface area contributed by atoms with E-state index < -0.39 is 17.8 Å². The first kappa shape index (κ1) is 17.6. The molecule has 4 rings (SSSR count). The van der Waals surface area contributed by atoms with E-state index in [0.717, 1.165) is 0 Å². The number of rotatable bonds is 3. The molecule has 3 aliphatic rings. The highest BCUT2D eigenvalue weighted by Gasteiger charge is 2.46. The fourth-order valence-corrected chi connectivity index (χ4v) is 4.61. The van der Waals surface area contributed by atoms with E-state index in [4.69, 9.17) is 16.7 Å². The van der Waals surface area contributed by atoms with Gasteiger partial charge in [-0.25, -0.2) is 4.79 Å². The van der Waals surface area contributed by atoms with Gasteiger partial charge in [0, 0.05) is 24.7 Å². The van der Waals surface area contributed by atoms with E-state index in [1.165, 1.54) is 4.90 Å². The third-order valence-corrected chi connectivity index (χ3v) is 5.88. The molecule has 2 aliphatic carbocycles. The monoisotopic (exact) mass is 390 g/mol. The van der Waals surface area contributed by atoms with Crippen molar-refractivity contribution in [3.8, 4) is 0 Å². The van der Waals surface area contributed by atoms with Crippen molar-refractivity contribution in [1.29, 1.82) is 0 Å². The molecule has 2 saturated carbocycles. The van der Waals surface area contributed by atoms with Gasteiger partial charge in [-0.05, 0) is 43.4 Å². The summed E-state index contributed by atoms with van der Waals surface area (Å²) in [6.45, 7) is 0.869. The van der Waals surface area contributed by atoms with Gasteiger partial charge < -0.3 is 15.3 Å². The van der Waals surface area contributed by atoms with Crippen LogP contribution in [0.4, 0.5) is 23.8 Å². The van der Waals surface area contributed by atoms with Gasteiger partial charge in [0.05, 0.1) is 0 Å². The van der Waals surface area contributed by atoms with E-state index in [-0.39, 0.29) is 40.3 Å². The summed E-state index contributed by atoms with van der Waals surface area (Å²) >= 11 is 5.92. The lowest BCUT2D eigenvalue weighted by Gasteiger charge is -2.21. The quantitative estimate of drug-likeness (QED) is 0.820. The zero-order valence-electron chi connectivity index (χ0n) is 13.8. The van der Waals surface area contributed by atoms with Crippen LogP contribution in [0.5, 0.6) is 0 Å². The molecule has 3 fully saturated rings. The standard InChI is InChI=1S/C16H18ClF3N4O2/c17-13-11(7-1-2-7)12(16(18,19)20)14(23-22-13)21-10-3-8-5-24(15(25)26)6-9(8)4-10/h7-10H,1-6H2,(H,21,23)(H,25,26)/t8-,9+,10+. The van der Waals surface area contributed by atoms with Gasteiger partial charge in [0.2, 0.25) is 0 Å². The van der Waals surface area contributed by atoms with E-state index in [2.05, 4.69) is 15.5 Å². The first-order chi connectivity index (χ1) is 12.2. The van der Waals surface area contributed by atoms with Crippen LogP contribution >= 0.6 is 11.6 Å². The van der Waals surface area contributed by atoms with E-state index in [9.17, 15) is 18.0 Å². The van der Waals surface area contributed by atoms with Crippen molar-refractivity contribution >= 4 is 23.5 Å². The lowest BCUT2D eigenvalue weighted by molar-refractivity contribution is -0.137. The van der Waals surface area contributed by atoms with Gasteiger partial charge in [-0.1, -0.05) is 11.6 Å². The Balaban J connectivity index is 1.55. The van der Waals surface area contributed by atoms with Crippen LogP contribution in [0.1, 0.15) is 42.7 Å². The summed E-state index contributed by atoms with van der Waals surface area (Å²) in [5.41, 5.74) is -0.754. The largest absolute Gasteiger partial charge is 0.465 e. The average Bonchev–Trinajstić information content (AvgIpc) is 3.18. The SMILES string of the molecule is O=C(O)N1C[C@H]2C[C@H](Nc3nnc(Cl)c(C4CC4)c3C(F)(F)F)C[C@H]2C1. The molecular formula is C16H18ClF3N4O2. The minimum atomic E-state index is -4.56. The van der Waals surface area contributed by atoms with Gasteiger partial charge in [-0.15, -0.1) is 10.2 Å². The number of nitrogens with zero attached hydrogens (tertiary/aromatic N) is 3. The maximum Gasteiger partial charge on any atom is 0.420 e. The molecule has 1 amide bonds. The molecule has 1 saturated heterocycles. The van der Waals surface area contributed by atoms with Crippen LogP contribution in [-0.2, 0) is 6.18 Å². The molecule has 142 valence electrons. The lowest BCUT2D eigenvalue weighted by Crippen LogP contribution is -2.30. The summed E-state index contributed by atoms with van der Waals surface area (Å²) in [4.78, 5) is 12.4. The van der Waals surface area contributed by atoms with Gasteiger partial charge >= 0.3 is 12.3 Å². The van der Waals surface area contributed by atoms with Crippen molar-refractivity contribution < 1.29 is 23.1 Å². The van der Waals surface area contributed by atoms with Gasteiger partial charge in [0.15, 0.2) is 11.0 Å². The second-order valence-electron chi connectivity index (χ2n) is 7.42. The molecule has 3 atom stereocenters. The van der Waals surface area contributed by atoms with Crippen LogP contribution in [-0.4, -0.2) is 45.4 Å². The molecule has 1 aliphatic heterocycles. The summed E-state index contributed by atoms with van der Waals surface area (Å²) in [6, 6.07) is -0.176. The van der Waals surface area contributed by atoms with Crippen LogP contribution in [0.25, 0.3) is 0 Å². The number of hydrogen-bond acceptors (Lipinski definition) is 4. The normalized spacial score (nSPS) is 28.3. The number of aromatic nitrogens is 2. The Hall–Kier alpha value is -1.77. The van der Waals surface area contributed by atoms with E-state index >= 15 is 0 Å². The highest BCUT2D eigenvalue weighted by molar-refractivity contribution is 6.30. The maximum absolute atomic E-state index is 13.7. The molecule has 0 bridgehead atoms. The maximum atomic E-state index is 13.7. The Bertz CT molecular complexity index is 727. The third kappa shape index (κ3) is 3.17. The van der Waals surface area contributed by atoms with E-state index in [0.29, 0.717) is 38.8 Å². The molecule has 6 nitrogen and oxygen atoms in total. The van der Waals surface area contributed by atoms with Crippen LogP contribution in [0.3, 0.4) is 0 Å². The lowest BCUT2D eigenvalue weighted by atomic mass is 10.0. The fraction of sp³-hybridized carbons (Fsp3) is 0.688. The number of carboxylic acid groups (broad SMARTS) is 1. The summed E-state index contributed by atoms with van der Waals surface area (Å²) in [6.07, 6.45) is -2.92. The molecule has 1 aromatic heterocycles. The van der Waals surface area contributed by atoms with Crippen molar-refractivity contribution in [2.75, 3.05) is 18.4 Å². The van der Waals surface area contributed by atoms with Gasteiger partial charge in [-0.3, -0.25) is 0 Å². The predicted octanol–water partition coefficient (Wildman–Crippen LogP) is 3.83. The van der Waals surface area contributed by atoms with Crippen molar-refractivity contribution in [2.24, 2.45) is 11.8 Å². The van der Waals surface area contributed by atoms with Crippen LogP contribution in [0.2, 0.25) is 5.15 Å². The summed E-state index contributed by atoms with van der Waals surface area (Å²) in [7, 11) is 0. The summed E-state index contributed by atoms with van der Waals surface area (Å²) in [5, 5.41) is 19.2. The number of hydrogen-bond donors (Lipinski definition) is 2. The molecular weight excluding hydrogens is 373 g/mol. The van der Waals surface area contributed by atoms with Crippen LogP contribution in [0.15, 0.2) is 0 Å². The Labute approximate surface area is 152 Å². The number of alkyl halides is 3. The molecule has 0 radical (unpaired) electrons. The summed E-state index contributed by atoms with van der Waals surface area (Å²) < 4.78 is 41.1. The number of fused-ring (bicyclic) bond motifs is 1. The van der Waals surface area contributed by atoms with Crippen molar-refractivity contribution in [3.05, 3.63) is 16.3 Å². The molecule has 10 heteroatoms. The fourth-order valence-electron chi connectivity index (χ4n) is 4.33. The van der Waals surface area contributed by atoms with E-state index in [1.807, 2.05) is 0 Å². The Morgan fingerprint density at radius 3 is 2.31 bits per heavy atom. The number of likely N-dealkylation sites (tertiary alicyclic amines) is 1. The van der Waals surface area contributed by atoms with Crippen molar-refractivity contribution in [2.45, 2.75) is 43.8 Å². The number of amides is 1. The molecule has 0 spiro atoms. The topological polar surface area (TPSA) is 78.4 Å². The molecule has 0 unspecified atom stereocenters. The van der Waals surface area contributed by atoms with E-state index in [1.54, 1.807) is 0 Å². The van der Waals surface area contributed by atoms with Crippen molar-refractivity contribution in [1.82, 2.24) is 15.1 Å². The average molecular weight is 391 g/mol. The number of halogens is 4. The molecule has 0 aromatic carbocycles. The van der Waals surface area contributed by atoms with Crippen LogP contribution < -0.4 is 5.32 Å². The van der Waals surface area contributed by atoms with Crippen molar-refractivity contribution in [3.63, 3.8) is 0 Å². The Kier molecular flexibility index (Phi) is 4.17. The first-order valence-corrected chi connectivity index (χ1v) is 8.99. The number of carbonyl (C=O) groups is 1. The third-order valence-electron chi connectivity index (χ3n) is 5.60. The number of nitrogens with one attached hydrogen (secondary N) is 1. The first-order valence-electron chi connectivity index (χ1n) is 8.61. The molecule has 2 N–H and O–H groups in total. The Morgan fingerprint density at radius 1 is 1.19 bits per heavy atom. The van der Waals surface area contributed by atoms with Gasteiger partial charge in [0.25, 0.3) is 0 Å². The second kappa shape index (κ2) is 6.14. The summed E-state index contributed by atoms with van der Waals surface area (Å²) in [5.74, 6) is -0.131. The predicted molar refractivity (Wildman–Crippen MR) is 87.2 cm³/mol. The molecule has 2 heterocycles. The zero-order chi connectivity index (χ0) is 18.6. The highest BCUT2D eigenvalue weighted by atomic mass is 35.5. The molecule has 26 heavy (non-hydrogen) atoms. The second-order valence-corrected chi connectivity index (χ2v) is 7.78. The van der Waals surface area contributed by atoms with Gasteiger partial charge in [-0.2, -0.15) is 13.2 Å².